The summed E-state index contributed by atoms with van der Waals surface area (Å²) in [6, 6.07) is 12.3. The zero-order valence-electron chi connectivity index (χ0n) is 11.8. The van der Waals surface area contributed by atoms with E-state index in [0.717, 1.165) is 5.56 Å². The van der Waals surface area contributed by atoms with E-state index in [2.05, 4.69) is 10.3 Å². The fraction of sp³-hybridized carbons (Fsp3) is 0.250. The van der Waals surface area contributed by atoms with Gasteiger partial charge in [-0.2, -0.15) is 0 Å². The number of H-pyrrole nitrogens is 1. The number of pyridine rings is 1. The molecule has 0 radical (unpaired) electrons. The van der Waals surface area contributed by atoms with Gasteiger partial charge in [0.15, 0.2) is 0 Å². The van der Waals surface area contributed by atoms with Crippen LogP contribution in [-0.4, -0.2) is 28.6 Å². The van der Waals surface area contributed by atoms with Gasteiger partial charge in [0.25, 0.3) is 11.5 Å². The van der Waals surface area contributed by atoms with Gasteiger partial charge in [-0.15, -0.1) is 0 Å². The third-order valence-electron chi connectivity index (χ3n) is 3.18. The van der Waals surface area contributed by atoms with Crippen LogP contribution < -0.4 is 10.9 Å². The van der Waals surface area contributed by atoms with Gasteiger partial charge in [0.05, 0.1) is 12.6 Å². The number of aliphatic hydroxyl groups excluding tert-OH is 1. The van der Waals surface area contributed by atoms with Gasteiger partial charge in [-0.3, -0.25) is 9.59 Å². The number of aryl methyl sites for hydroxylation is 1. The molecule has 0 saturated heterocycles. The van der Waals surface area contributed by atoms with Crippen LogP contribution in [0.1, 0.15) is 21.6 Å². The molecule has 1 aromatic carbocycles. The Balaban J connectivity index is 2.07. The lowest BCUT2D eigenvalue weighted by Crippen LogP contribution is -2.41. The van der Waals surface area contributed by atoms with E-state index in [1.165, 1.54) is 6.07 Å². The first kappa shape index (κ1) is 15.0. The Morgan fingerprint density at radius 1 is 1.24 bits per heavy atom. The average Bonchev–Trinajstić information content (AvgIpc) is 2.47. The molecule has 0 aliphatic rings. The molecule has 0 spiro atoms. The van der Waals surface area contributed by atoms with Gasteiger partial charge < -0.3 is 15.4 Å². The minimum absolute atomic E-state index is 0.0483. The maximum absolute atomic E-state index is 12.1. The molecule has 5 nitrogen and oxygen atoms in total. The van der Waals surface area contributed by atoms with Crippen molar-refractivity contribution in [2.75, 3.05) is 6.61 Å². The lowest BCUT2D eigenvalue weighted by Gasteiger charge is -2.16. The second-order valence-corrected chi connectivity index (χ2v) is 4.93. The summed E-state index contributed by atoms with van der Waals surface area (Å²) in [6.07, 6.45) is 0.507. The van der Waals surface area contributed by atoms with E-state index >= 15 is 0 Å². The van der Waals surface area contributed by atoms with Crippen molar-refractivity contribution in [3.63, 3.8) is 0 Å². The third-order valence-corrected chi connectivity index (χ3v) is 3.18. The molecule has 0 aliphatic carbocycles. The zero-order chi connectivity index (χ0) is 15.2. The van der Waals surface area contributed by atoms with Crippen molar-refractivity contribution >= 4 is 5.91 Å². The van der Waals surface area contributed by atoms with Gasteiger partial charge in [-0.05, 0) is 31.0 Å². The Labute approximate surface area is 122 Å². The fourth-order valence-corrected chi connectivity index (χ4v) is 2.07. The molecule has 3 N–H and O–H groups in total. The molecule has 2 rings (SSSR count). The highest BCUT2D eigenvalue weighted by Gasteiger charge is 2.16. The summed E-state index contributed by atoms with van der Waals surface area (Å²) in [5.41, 5.74) is 1.32. The second-order valence-electron chi connectivity index (χ2n) is 4.93. The highest BCUT2D eigenvalue weighted by atomic mass is 16.3. The molecule has 5 heteroatoms. The Bertz CT molecular complexity index is 665. The van der Waals surface area contributed by atoms with Crippen LogP contribution in [0.2, 0.25) is 0 Å². The maximum atomic E-state index is 12.1. The van der Waals surface area contributed by atoms with E-state index in [1.807, 2.05) is 30.3 Å². The number of rotatable bonds is 5. The number of nitrogens with one attached hydrogen (secondary N) is 2. The van der Waals surface area contributed by atoms with Crippen LogP contribution >= 0.6 is 0 Å². The first-order valence-electron chi connectivity index (χ1n) is 6.75. The molecule has 0 aliphatic heterocycles. The van der Waals surface area contributed by atoms with Gasteiger partial charge in [-0.25, -0.2) is 0 Å². The molecule has 2 aromatic rings. The van der Waals surface area contributed by atoms with Crippen LogP contribution in [0.5, 0.6) is 0 Å². The summed E-state index contributed by atoms with van der Waals surface area (Å²) in [7, 11) is 0. The highest BCUT2D eigenvalue weighted by Crippen LogP contribution is 2.04. The number of hydrogen-bond acceptors (Lipinski definition) is 3. The Morgan fingerprint density at radius 2 is 1.95 bits per heavy atom. The predicted octanol–water partition coefficient (Wildman–Crippen LogP) is 1.02. The van der Waals surface area contributed by atoms with Crippen molar-refractivity contribution in [2.45, 2.75) is 19.4 Å². The number of aliphatic hydroxyl groups is 1. The van der Waals surface area contributed by atoms with Gasteiger partial charge in [0.1, 0.15) is 5.56 Å². The van der Waals surface area contributed by atoms with Crippen molar-refractivity contribution in [3.8, 4) is 0 Å². The molecule has 21 heavy (non-hydrogen) atoms. The number of benzene rings is 1. The van der Waals surface area contributed by atoms with Crippen molar-refractivity contribution in [2.24, 2.45) is 0 Å². The van der Waals surface area contributed by atoms with Crippen molar-refractivity contribution < 1.29 is 9.90 Å². The summed E-state index contributed by atoms with van der Waals surface area (Å²) in [6.45, 7) is 1.55. The first-order valence-corrected chi connectivity index (χ1v) is 6.75. The summed E-state index contributed by atoms with van der Waals surface area (Å²) in [4.78, 5) is 26.4. The molecule has 1 heterocycles. The number of carbonyl (C=O) groups is 1. The minimum Gasteiger partial charge on any atom is -0.394 e. The lowest BCUT2D eigenvalue weighted by molar-refractivity contribution is 0.0915. The second kappa shape index (κ2) is 6.85. The Morgan fingerprint density at radius 3 is 2.57 bits per heavy atom. The van der Waals surface area contributed by atoms with E-state index in [9.17, 15) is 14.7 Å². The molecular weight excluding hydrogens is 268 g/mol. The minimum atomic E-state index is -0.480. The molecule has 0 unspecified atom stereocenters. The van der Waals surface area contributed by atoms with Gasteiger partial charge in [0, 0.05) is 5.69 Å². The zero-order valence-corrected chi connectivity index (χ0v) is 11.8. The number of aromatic amines is 1. The van der Waals surface area contributed by atoms with Gasteiger partial charge in [0.2, 0.25) is 0 Å². The van der Waals surface area contributed by atoms with Gasteiger partial charge in [-0.1, -0.05) is 30.3 Å². The van der Waals surface area contributed by atoms with Gasteiger partial charge >= 0.3 is 0 Å². The third kappa shape index (κ3) is 4.03. The predicted molar refractivity (Wildman–Crippen MR) is 80.3 cm³/mol. The fourth-order valence-electron chi connectivity index (χ4n) is 2.07. The number of hydrogen-bond donors (Lipinski definition) is 3. The molecule has 0 bridgehead atoms. The van der Waals surface area contributed by atoms with Crippen LogP contribution in [0.15, 0.2) is 47.3 Å². The van der Waals surface area contributed by atoms with Crippen molar-refractivity contribution in [1.29, 1.82) is 0 Å². The molecule has 1 aromatic heterocycles. The standard InChI is InChI=1S/C16H18N2O3/c1-11-7-8-14(15(20)17-11)16(21)18-13(10-19)9-12-5-3-2-4-6-12/h2-8,13,19H,9-10H2,1H3,(H,17,20)(H,18,21)/t13-/m0/s1. The van der Waals surface area contributed by atoms with Crippen LogP contribution in [0, 0.1) is 6.92 Å². The topological polar surface area (TPSA) is 82.2 Å². The molecule has 0 saturated carbocycles. The normalized spacial score (nSPS) is 11.9. The monoisotopic (exact) mass is 286 g/mol. The molecule has 0 fully saturated rings. The van der Waals surface area contributed by atoms with E-state index in [-0.39, 0.29) is 12.2 Å². The van der Waals surface area contributed by atoms with E-state index in [1.54, 1.807) is 13.0 Å². The van der Waals surface area contributed by atoms with Crippen LogP contribution in [-0.2, 0) is 6.42 Å². The quantitative estimate of drug-likeness (QED) is 0.767. The Hall–Kier alpha value is -2.40. The summed E-state index contributed by atoms with van der Waals surface area (Å²) >= 11 is 0. The number of aromatic nitrogens is 1. The van der Waals surface area contributed by atoms with Crippen LogP contribution in [0.4, 0.5) is 0 Å². The maximum Gasteiger partial charge on any atom is 0.260 e. The molecule has 110 valence electrons. The Kier molecular flexibility index (Phi) is 4.90. The van der Waals surface area contributed by atoms with Crippen LogP contribution in [0.3, 0.4) is 0 Å². The average molecular weight is 286 g/mol. The largest absolute Gasteiger partial charge is 0.394 e. The van der Waals surface area contributed by atoms with Crippen molar-refractivity contribution in [1.82, 2.24) is 10.3 Å². The summed E-state index contributed by atoms with van der Waals surface area (Å²) in [5, 5.41) is 12.1. The molecule has 1 amide bonds. The summed E-state index contributed by atoms with van der Waals surface area (Å²) in [5.74, 6) is -0.480. The van der Waals surface area contributed by atoms with E-state index in [4.69, 9.17) is 0 Å². The number of carbonyl (C=O) groups excluding carboxylic acids is 1. The SMILES string of the molecule is Cc1ccc(C(=O)N[C@H](CO)Cc2ccccc2)c(=O)[nH]1. The lowest BCUT2D eigenvalue weighted by atomic mass is 10.1. The van der Waals surface area contributed by atoms with Crippen molar-refractivity contribution in [3.05, 3.63) is 69.6 Å². The van der Waals surface area contributed by atoms with Crippen LogP contribution in [0.25, 0.3) is 0 Å². The number of amides is 1. The molecular formula is C16H18N2O3. The van der Waals surface area contributed by atoms with E-state index in [0.29, 0.717) is 12.1 Å². The molecule has 1 atom stereocenters. The first-order chi connectivity index (χ1) is 10.1. The smallest absolute Gasteiger partial charge is 0.260 e. The highest BCUT2D eigenvalue weighted by molar-refractivity contribution is 5.94. The summed E-state index contributed by atoms with van der Waals surface area (Å²) < 4.78 is 0. The van der Waals surface area contributed by atoms with E-state index < -0.39 is 17.5 Å².